The molecule has 1 aliphatic rings. The number of amides is 1. The van der Waals surface area contributed by atoms with Gasteiger partial charge in [-0.2, -0.15) is 0 Å². The summed E-state index contributed by atoms with van der Waals surface area (Å²) in [5.74, 6) is -0.282. The average Bonchev–Trinajstić information content (AvgIpc) is 2.78. The molecule has 1 aromatic heterocycles. The first-order chi connectivity index (χ1) is 16.1. The van der Waals surface area contributed by atoms with E-state index in [-0.39, 0.29) is 23.6 Å². The van der Waals surface area contributed by atoms with Gasteiger partial charge in [0, 0.05) is 11.9 Å². The fourth-order valence-corrected chi connectivity index (χ4v) is 3.80. The Balaban J connectivity index is 1.64. The SMILES string of the molecule is CC(O)C1COc2c(C(=O)Nc3ccc(OC(F)(F)F)cc3)cccc2N1c1ncccc1Cl. The number of carbonyl (C=O) groups is 1. The lowest BCUT2D eigenvalue weighted by atomic mass is 10.0. The molecule has 3 aromatic rings. The van der Waals surface area contributed by atoms with E-state index in [1.165, 1.54) is 12.1 Å². The van der Waals surface area contributed by atoms with Crippen molar-refractivity contribution in [1.82, 2.24) is 4.98 Å². The van der Waals surface area contributed by atoms with E-state index >= 15 is 0 Å². The molecule has 1 amide bonds. The average molecular weight is 494 g/mol. The van der Waals surface area contributed by atoms with Gasteiger partial charge in [-0.15, -0.1) is 13.2 Å². The number of ether oxygens (including phenoxy) is 2. The Bertz CT molecular complexity index is 1190. The van der Waals surface area contributed by atoms with Crippen LogP contribution in [0.5, 0.6) is 11.5 Å². The topological polar surface area (TPSA) is 83.9 Å². The highest BCUT2D eigenvalue weighted by molar-refractivity contribution is 6.33. The summed E-state index contributed by atoms with van der Waals surface area (Å²) in [5.41, 5.74) is 0.938. The largest absolute Gasteiger partial charge is 0.573 e. The Morgan fingerprint density at radius 3 is 2.62 bits per heavy atom. The molecule has 0 saturated carbocycles. The highest BCUT2D eigenvalue weighted by Gasteiger charge is 2.36. The summed E-state index contributed by atoms with van der Waals surface area (Å²) in [6, 6.07) is 12.5. The number of nitrogens with one attached hydrogen (secondary N) is 1. The van der Waals surface area contributed by atoms with Crippen LogP contribution in [0.3, 0.4) is 0 Å². The molecule has 0 spiro atoms. The molecule has 178 valence electrons. The van der Waals surface area contributed by atoms with Gasteiger partial charge in [-0.1, -0.05) is 17.7 Å². The van der Waals surface area contributed by atoms with Gasteiger partial charge in [-0.25, -0.2) is 4.98 Å². The third kappa shape index (κ3) is 5.02. The lowest BCUT2D eigenvalue weighted by Crippen LogP contribution is -2.47. The van der Waals surface area contributed by atoms with Crippen LogP contribution < -0.4 is 19.7 Å². The number of carbonyl (C=O) groups excluding carboxylic acids is 1. The number of hydrogen-bond donors (Lipinski definition) is 2. The van der Waals surface area contributed by atoms with Crippen molar-refractivity contribution in [2.75, 3.05) is 16.8 Å². The van der Waals surface area contributed by atoms with Gasteiger partial charge in [-0.05, 0) is 55.5 Å². The van der Waals surface area contributed by atoms with Gasteiger partial charge >= 0.3 is 6.36 Å². The number of aliphatic hydroxyl groups excluding tert-OH is 1. The van der Waals surface area contributed by atoms with Crippen LogP contribution in [0.25, 0.3) is 0 Å². The highest BCUT2D eigenvalue weighted by atomic mass is 35.5. The molecule has 0 radical (unpaired) electrons. The Kier molecular flexibility index (Phi) is 6.54. The summed E-state index contributed by atoms with van der Waals surface area (Å²) >= 11 is 6.37. The minimum absolute atomic E-state index is 0.0609. The molecule has 2 N–H and O–H groups in total. The number of pyridine rings is 1. The fourth-order valence-electron chi connectivity index (χ4n) is 3.59. The van der Waals surface area contributed by atoms with E-state index in [1.54, 1.807) is 48.4 Å². The zero-order valence-corrected chi connectivity index (χ0v) is 18.5. The predicted molar refractivity (Wildman–Crippen MR) is 120 cm³/mol. The summed E-state index contributed by atoms with van der Waals surface area (Å²) in [6.07, 6.45) is -4.04. The monoisotopic (exact) mass is 493 g/mol. The number of fused-ring (bicyclic) bond motifs is 1. The van der Waals surface area contributed by atoms with Crippen molar-refractivity contribution in [1.29, 1.82) is 0 Å². The van der Waals surface area contributed by atoms with Gasteiger partial charge in [0.25, 0.3) is 5.91 Å². The first kappa shape index (κ1) is 23.7. The van der Waals surface area contributed by atoms with Crippen LogP contribution >= 0.6 is 11.6 Å². The van der Waals surface area contributed by atoms with E-state index in [9.17, 15) is 23.1 Å². The molecule has 0 saturated heterocycles. The zero-order chi connectivity index (χ0) is 24.5. The maximum Gasteiger partial charge on any atom is 0.573 e. The number of halogens is 4. The summed E-state index contributed by atoms with van der Waals surface area (Å²) in [5, 5.41) is 13.3. The van der Waals surface area contributed by atoms with Crippen molar-refractivity contribution < 1.29 is 32.5 Å². The van der Waals surface area contributed by atoms with Crippen molar-refractivity contribution in [2.45, 2.75) is 25.4 Å². The standard InChI is InChI=1S/C23H19ClF3N3O4/c1-13(31)19-12-33-20-16(4-2-6-18(20)30(19)21-17(24)5-3-11-28-21)22(32)29-14-7-9-15(10-8-14)34-23(25,26)27/h2-11,13,19,31H,12H2,1H3,(H,29,32). The van der Waals surface area contributed by atoms with Crippen molar-refractivity contribution in [3.63, 3.8) is 0 Å². The van der Waals surface area contributed by atoms with Crippen LogP contribution in [0, 0.1) is 0 Å². The number of hydrogen-bond acceptors (Lipinski definition) is 6. The Hall–Kier alpha value is -3.50. The van der Waals surface area contributed by atoms with Crippen LogP contribution in [-0.4, -0.2) is 41.1 Å². The van der Waals surface area contributed by atoms with Gasteiger partial charge in [0.15, 0.2) is 11.6 Å². The normalized spacial score (nSPS) is 16.3. The lowest BCUT2D eigenvalue weighted by molar-refractivity contribution is -0.274. The van der Waals surface area contributed by atoms with Crippen LogP contribution in [0.4, 0.5) is 30.4 Å². The van der Waals surface area contributed by atoms with Crippen molar-refractivity contribution in [3.05, 3.63) is 71.4 Å². The Morgan fingerprint density at radius 1 is 1.24 bits per heavy atom. The molecule has 7 nitrogen and oxygen atoms in total. The van der Waals surface area contributed by atoms with Gasteiger partial charge < -0.3 is 24.8 Å². The molecule has 34 heavy (non-hydrogen) atoms. The summed E-state index contributed by atoms with van der Waals surface area (Å²) in [6.45, 7) is 1.68. The highest BCUT2D eigenvalue weighted by Crippen LogP contribution is 2.43. The first-order valence-electron chi connectivity index (χ1n) is 10.1. The lowest BCUT2D eigenvalue weighted by Gasteiger charge is -2.40. The fraction of sp³-hybridized carbons (Fsp3) is 0.217. The van der Waals surface area contributed by atoms with E-state index in [0.717, 1.165) is 12.1 Å². The van der Waals surface area contributed by atoms with E-state index in [0.29, 0.717) is 16.5 Å². The molecular weight excluding hydrogens is 475 g/mol. The Labute approximate surface area is 197 Å². The van der Waals surface area contributed by atoms with E-state index in [1.807, 2.05) is 0 Å². The summed E-state index contributed by atoms with van der Waals surface area (Å²) < 4.78 is 46.8. The van der Waals surface area contributed by atoms with Gasteiger partial charge in [0.1, 0.15) is 12.4 Å². The number of para-hydroxylation sites is 1. The molecule has 0 aliphatic carbocycles. The molecule has 11 heteroatoms. The van der Waals surface area contributed by atoms with Gasteiger partial charge in [-0.3, -0.25) is 4.79 Å². The van der Waals surface area contributed by atoms with E-state index in [2.05, 4.69) is 15.0 Å². The summed E-state index contributed by atoms with van der Waals surface area (Å²) in [7, 11) is 0. The maximum atomic E-state index is 13.0. The quantitative estimate of drug-likeness (QED) is 0.510. The molecule has 2 aromatic carbocycles. The van der Waals surface area contributed by atoms with Gasteiger partial charge in [0.2, 0.25) is 0 Å². The smallest absolute Gasteiger partial charge is 0.488 e. The minimum Gasteiger partial charge on any atom is -0.488 e. The van der Waals surface area contributed by atoms with Crippen LogP contribution in [0.15, 0.2) is 60.8 Å². The predicted octanol–water partition coefficient (Wildman–Crippen LogP) is 5.17. The second-order valence-electron chi connectivity index (χ2n) is 7.48. The number of aliphatic hydroxyl groups is 1. The molecule has 1 aliphatic heterocycles. The van der Waals surface area contributed by atoms with Crippen LogP contribution in [0.2, 0.25) is 5.02 Å². The molecular formula is C23H19ClF3N3O4. The minimum atomic E-state index is -4.81. The van der Waals surface area contributed by atoms with Crippen LogP contribution in [-0.2, 0) is 0 Å². The molecule has 0 fully saturated rings. The molecule has 2 atom stereocenters. The second kappa shape index (κ2) is 9.40. The zero-order valence-electron chi connectivity index (χ0n) is 17.7. The molecule has 2 heterocycles. The van der Waals surface area contributed by atoms with E-state index in [4.69, 9.17) is 16.3 Å². The maximum absolute atomic E-state index is 13.0. The third-order valence-corrected chi connectivity index (χ3v) is 5.39. The van der Waals surface area contributed by atoms with Crippen molar-refractivity contribution >= 4 is 34.7 Å². The number of benzene rings is 2. The van der Waals surface area contributed by atoms with Gasteiger partial charge in [0.05, 0.1) is 28.4 Å². The van der Waals surface area contributed by atoms with Crippen molar-refractivity contribution in [3.8, 4) is 11.5 Å². The third-order valence-electron chi connectivity index (χ3n) is 5.10. The number of rotatable bonds is 5. The number of nitrogens with zero attached hydrogens (tertiary/aromatic N) is 2. The number of anilines is 3. The summed E-state index contributed by atoms with van der Waals surface area (Å²) in [4.78, 5) is 19.1. The van der Waals surface area contributed by atoms with Crippen LogP contribution in [0.1, 0.15) is 17.3 Å². The molecule has 2 unspecified atom stereocenters. The number of alkyl halides is 3. The van der Waals surface area contributed by atoms with E-state index < -0.39 is 30.2 Å². The number of aromatic nitrogens is 1. The Morgan fingerprint density at radius 2 is 1.97 bits per heavy atom. The molecule has 4 rings (SSSR count). The molecule has 0 bridgehead atoms. The second-order valence-corrected chi connectivity index (χ2v) is 7.89. The first-order valence-corrected chi connectivity index (χ1v) is 10.5. The van der Waals surface area contributed by atoms with Crippen molar-refractivity contribution in [2.24, 2.45) is 0 Å².